The van der Waals surface area contributed by atoms with E-state index in [4.69, 9.17) is 9.47 Å². The largest absolute Gasteiger partial charge is 0.493 e. The van der Waals surface area contributed by atoms with Crippen LogP contribution in [-0.4, -0.2) is 61.0 Å². The van der Waals surface area contributed by atoms with Gasteiger partial charge in [-0.3, -0.25) is 4.90 Å². The Morgan fingerprint density at radius 1 is 1.24 bits per heavy atom. The number of nitrogens with zero attached hydrogens (tertiary/aromatic N) is 7. The van der Waals surface area contributed by atoms with E-state index in [1.807, 2.05) is 30.9 Å². The van der Waals surface area contributed by atoms with Gasteiger partial charge < -0.3 is 14.0 Å². The third kappa shape index (κ3) is 5.39. The zero-order valence-corrected chi connectivity index (χ0v) is 16.7. The molecule has 1 aromatic carbocycles. The Hall–Kier alpha value is -2.78. The Morgan fingerprint density at radius 3 is 3.00 bits per heavy atom. The predicted molar refractivity (Wildman–Crippen MR) is 106 cm³/mol. The molecule has 9 nitrogen and oxygen atoms in total. The van der Waals surface area contributed by atoms with Gasteiger partial charge in [0, 0.05) is 44.1 Å². The van der Waals surface area contributed by atoms with Gasteiger partial charge in [0.2, 0.25) is 5.82 Å². The molecular weight excluding hydrogens is 370 g/mol. The Bertz CT molecular complexity index is 881. The van der Waals surface area contributed by atoms with Crippen molar-refractivity contribution in [2.45, 2.75) is 32.0 Å². The zero-order chi connectivity index (χ0) is 19.9. The summed E-state index contributed by atoms with van der Waals surface area (Å²) in [7, 11) is 1.76. The summed E-state index contributed by atoms with van der Waals surface area (Å²) in [5, 5.41) is 12.3. The number of morpholine rings is 1. The molecule has 0 aliphatic carbocycles. The maximum absolute atomic E-state index is 6.09. The molecule has 154 valence electrons. The smallest absolute Gasteiger partial charge is 0.204 e. The predicted octanol–water partition coefficient (Wildman–Crippen LogP) is 1.84. The fourth-order valence-corrected chi connectivity index (χ4v) is 3.44. The number of para-hydroxylation sites is 1. The highest BCUT2D eigenvalue weighted by molar-refractivity contribution is 5.33. The summed E-state index contributed by atoms with van der Waals surface area (Å²) in [6.07, 6.45) is 7.57. The second-order valence-electron chi connectivity index (χ2n) is 7.20. The number of hydrogen-bond donors (Lipinski definition) is 0. The molecule has 9 heteroatoms. The molecule has 1 atom stereocenters. The molecule has 0 amide bonds. The Labute approximate surface area is 170 Å². The maximum Gasteiger partial charge on any atom is 0.204 e. The Balaban J connectivity index is 1.28. The van der Waals surface area contributed by atoms with E-state index in [9.17, 15) is 0 Å². The van der Waals surface area contributed by atoms with Crippen molar-refractivity contribution < 1.29 is 9.47 Å². The van der Waals surface area contributed by atoms with Crippen molar-refractivity contribution >= 4 is 0 Å². The van der Waals surface area contributed by atoms with Crippen molar-refractivity contribution in [2.24, 2.45) is 7.05 Å². The first-order valence-corrected chi connectivity index (χ1v) is 10.0. The second-order valence-corrected chi connectivity index (χ2v) is 7.20. The van der Waals surface area contributed by atoms with Gasteiger partial charge in [0.25, 0.3) is 0 Å². The highest BCUT2D eigenvalue weighted by Crippen LogP contribution is 2.24. The van der Waals surface area contributed by atoms with E-state index in [1.165, 1.54) is 10.4 Å². The maximum atomic E-state index is 6.09. The molecule has 0 radical (unpaired) electrons. The van der Waals surface area contributed by atoms with Gasteiger partial charge in [0.1, 0.15) is 11.9 Å². The summed E-state index contributed by atoms with van der Waals surface area (Å²) in [4.78, 5) is 7.89. The summed E-state index contributed by atoms with van der Waals surface area (Å²) >= 11 is 0. The van der Waals surface area contributed by atoms with E-state index in [-0.39, 0.29) is 6.10 Å². The number of imidazole rings is 1. The average molecular weight is 397 g/mol. The first-order valence-electron chi connectivity index (χ1n) is 10.0. The molecule has 1 aliphatic rings. The van der Waals surface area contributed by atoms with Crippen LogP contribution in [0.15, 0.2) is 43.0 Å². The fraction of sp³-hybridized carbons (Fsp3) is 0.500. The van der Waals surface area contributed by atoms with Crippen LogP contribution in [0.25, 0.3) is 0 Å². The Kier molecular flexibility index (Phi) is 6.48. The van der Waals surface area contributed by atoms with Gasteiger partial charge >= 0.3 is 0 Å². The molecular formula is C20H27N7O2. The van der Waals surface area contributed by atoms with Gasteiger partial charge in [-0.15, -0.1) is 10.2 Å². The lowest BCUT2D eigenvalue weighted by Gasteiger charge is -2.31. The normalized spacial score (nSPS) is 17.5. The van der Waals surface area contributed by atoms with Crippen LogP contribution >= 0.6 is 0 Å². The molecule has 3 heterocycles. The van der Waals surface area contributed by atoms with Gasteiger partial charge in [0.15, 0.2) is 0 Å². The van der Waals surface area contributed by atoms with E-state index in [0.717, 1.165) is 44.8 Å². The number of aryl methyl sites for hydroxylation is 2. The van der Waals surface area contributed by atoms with E-state index in [1.54, 1.807) is 7.05 Å². The average Bonchev–Trinajstić information content (AvgIpc) is 3.41. The number of rotatable bonds is 9. The molecule has 1 aliphatic heterocycles. The molecule has 29 heavy (non-hydrogen) atoms. The van der Waals surface area contributed by atoms with Gasteiger partial charge in [-0.1, -0.05) is 18.2 Å². The lowest BCUT2D eigenvalue weighted by Crippen LogP contribution is -2.38. The Morgan fingerprint density at radius 2 is 2.17 bits per heavy atom. The number of tetrazole rings is 1. The van der Waals surface area contributed by atoms with E-state index >= 15 is 0 Å². The molecule has 1 fully saturated rings. The highest BCUT2D eigenvalue weighted by Gasteiger charge is 2.26. The SMILES string of the molecule is Cn1nnc(C2CN(Cc3ccccc3OCCCCn3ccnc3)CCO2)n1. The summed E-state index contributed by atoms with van der Waals surface area (Å²) in [6.45, 7) is 4.75. The van der Waals surface area contributed by atoms with Crippen LogP contribution in [0.4, 0.5) is 0 Å². The summed E-state index contributed by atoms with van der Waals surface area (Å²) in [5.41, 5.74) is 1.19. The van der Waals surface area contributed by atoms with Crippen LogP contribution in [-0.2, 0) is 24.9 Å². The number of aromatic nitrogens is 6. The van der Waals surface area contributed by atoms with Crippen molar-refractivity contribution in [3.63, 3.8) is 0 Å². The molecule has 0 spiro atoms. The minimum absolute atomic E-state index is 0.145. The molecule has 0 saturated carbocycles. The lowest BCUT2D eigenvalue weighted by molar-refractivity contribution is -0.0375. The fourth-order valence-electron chi connectivity index (χ4n) is 3.44. The molecule has 0 bridgehead atoms. The molecule has 1 unspecified atom stereocenters. The topological polar surface area (TPSA) is 83.1 Å². The first kappa shape index (κ1) is 19.5. The minimum Gasteiger partial charge on any atom is -0.493 e. The van der Waals surface area contributed by atoms with Crippen LogP contribution in [0, 0.1) is 0 Å². The van der Waals surface area contributed by atoms with Gasteiger partial charge in [0.05, 0.1) is 26.6 Å². The lowest BCUT2D eigenvalue weighted by atomic mass is 10.1. The highest BCUT2D eigenvalue weighted by atomic mass is 16.5. The van der Waals surface area contributed by atoms with Crippen LogP contribution in [0.2, 0.25) is 0 Å². The van der Waals surface area contributed by atoms with Crippen LogP contribution in [0.1, 0.15) is 30.3 Å². The first-order chi connectivity index (χ1) is 14.3. The zero-order valence-electron chi connectivity index (χ0n) is 16.7. The van der Waals surface area contributed by atoms with Crippen LogP contribution in [0.5, 0.6) is 5.75 Å². The summed E-state index contributed by atoms with van der Waals surface area (Å²) in [5.74, 6) is 1.59. The molecule has 2 aromatic heterocycles. The van der Waals surface area contributed by atoms with Gasteiger partial charge in [-0.25, -0.2) is 4.98 Å². The van der Waals surface area contributed by atoms with Crippen molar-refractivity contribution in [1.29, 1.82) is 0 Å². The third-order valence-electron chi connectivity index (χ3n) is 4.96. The monoisotopic (exact) mass is 397 g/mol. The second kappa shape index (κ2) is 9.62. The standard InChI is InChI=1S/C20H27N7O2/c1-25-23-20(22-24-25)19-15-27(11-13-29-19)14-17-6-2-3-7-18(17)28-12-5-4-9-26-10-8-21-16-26/h2-3,6-8,10,16,19H,4-5,9,11-15H2,1H3. The van der Waals surface area contributed by atoms with E-state index in [2.05, 4.69) is 42.0 Å². The molecule has 3 aromatic rings. The number of benzene rings is 1. The third-order valence-corrected chi connectivity index (χ3v) is 4.96. The number of hydrogen-bond acceptors (Lipinski definition) is 7. The van der Waals surface area contributed by atoms with Crippen molar-refractivity contribution in [3.05, 3.63) is 54.4 Å². The van der Waals surface area contributed by atoms with Crippen molar-refractivity contribution in [2.75, 3.05) is 26.3 Å². The quantitative estimate of drug-likeness (QED) is 0.510. The van der Waals surface area contributed by atoms with E-state index in [0.29, 0.717) is 19.0 Å². The van der Waals surface area contributed by atoms with Crippen molar-refractivity contribution in [1.82, 2.24) is 34.7 Å². The summed E-state index contributed by atoms with van der Waals surface area (Å²) < 4.78 is 14.0. The van der Waals surface area contributed by atoms with Crippen molar-refractivity contribution in [3.8, 4) is 5.75 Å². The summed E-state index contributed by atoms with van der Waals surface area (Å²) in [6, 6.07) is 8.26. The van der Waals surface area contributed by atoms with Crippen LogP contribution in [0.3, 0.4) is 0 Å². The number of ether oxygens (including phenoxy) is 2. The van der Waals surface area contributed by atoms with Gasteiger partial charge in [-0.05, 0) is 24.1 Å². The number of unbranched alkanes of at least 4 members (excludes halogenated alkanes) is 1. The van der Waals surface area contributed by atoms with Gasteiger partial charge in [-0.2, -0.15) is 4.80 Å². The van der Waals surface area contributed by atoms with Crippen LogP contribution < -0.4 is 4.74 Å². The molecule has 0 N–H and O–H groups in total. The van der Waals surface area contributed by atoms with E-state index < -0.39 is 0 Å². The molecule has 1 saturated heterocycles. The minimum atomic E-state index is -0.145. The molecule has 4 rings (SSSR count).